The van der Waals surface area contributed by atoms with Gasteiger partial charge in [0.1, 0.15) is 0 Å². The van der Waals surface area contributed by atoms with Crippen LogP contribution in [0.15, 0.2) is 94.5 Å². The zero-order valence-electron chi connectivity index (χ0n) is 17.7. The highest BCUT2D eigenvalue weighted by atomic mass is 16.2. The van der Waals surface area contributed by atoms with Crippen LogP contribution in [0.3, 0.4) is 0 Å². The number of nitrogens with zero attached hydrogens (tertiary/aromatic N) is 2. The zero-order chi connectivity index (χ0) is 22.3. The van der Waals surface area contributed by atoms with Gasteiger partial charge in [-0.25, -0.2) is 4.68 Å². The number of aromatic amines is 1. The standard InChI is InChI=1S/C26H25N3O3/c30-24(16-18-29-26(32)23-14-8-7-13-22(23)25(31)27-29)28(19-21-11-5-2-6-12-21)17-15-20-9-3-1-4-10-20/h1-14H,15-19H2,(H,27,31). The summed E-state index contributed by atoms with van der Waals surface area (Å²) in [6, 6.07) is 26.6. The van der Waals surface area contributed by atoms with Crippen LogP contribution in [0, 0.1) is 0 Å². The molecule has 0 spiro atoms. The predicted octanol–water partition coefficient (Wildman–Crippen LogP) is 3.35. The van der Waals surface area contributed by atoms with Crippen LogP contribution >= 0.6 is 0 Å². The van der Waals surface area contributed by atoms with Crippen LogP contribution in [0.4, 0.5) is 0 Å². The molecule has 1 amide bonds. The molecule has 162 valence electrons. The summed E-state index contributed by atoms with van der Waals surface area (Å²) in [5.74, 6) is -0.0642. The summed E-state index contributed by atoms with van der Waals surface area (Å²) in [6.07, 6.45) is 0.863. The molecule has 6 heteroatoms. The second kappa shape index (κ2) is 9.92. The van der Waals surface area contributed by atoms with Gasteiger partial charge in [0.25, 0.3) is 11.1 Å². The van der Waals surface area contributed by atoms with Crippen molar-refractivity contribution < 1.29 is 4.79 Å². The minimum absolute atomic E-state index is 0.0642. The Hall–Kier alpha value is -3.93. The Morgan fingerprint density at radius 3 is 2.06 bits per heavy atom. The highest BCUT2D eigenvalue weighted by molar-refractivity contribution is 5.80. The van der Waals surface area contributed by atoms with Crippen LogP contribution < -0.4 is 11.1 Å². The molecular weight excluding hydrogens is 402 g/mol. The number of carbonyl (C=O) groups is 1. The van der Waals surface area contributed by atoms with Gasteiger partial charge in [0.2, 0.25) is 5.91 Å². The van der Waals surface area contributed by atoms with Crippen LogP contribution in [0.1, 0.15) is 17.5 Å². The maximum atomic E-state index is 13.1. The lowest BCUT2D eigenvalue weighted by Gasteiger charge is -2.23. The molecule has 0 unspecified atom stereocenters. The fourth-order valence-corrected chi connectivity index (χ4v) is 3.77. The van der Waals surface area contributed by atoms with E-state index in [1.807, 2.05) is 65.6 Å². The average Bonchev–Trinajstić information content (AvgIpc) is 2.84. The number of carbonyl (C=O) groups excluding carboxylic acids is 1. The average molecular weight is 428 g/mol. The third-order valence-electron chi connectivity index (χ3n) is 5.52. The Balaban J connectivity index is 1.50. The first-order chi connectivity index (χ1) is 15.6. The normalized spacial score (nSPS) is 10.9. The van der Waals surface area contributed by atoms with Gasteiger partial charge in [-0.1, -0.05) is 72.8 Å². The van der Waals surface area contributed by atoms with Gasteiger partial charge in [0.15, 0.2) is 0 Å². The maximum Gasteiger partial charge on any atom is 0.273 e. The van der Waals surface area contributed by atoms with Crippen LogP contribution in [0.2, 0.25) is 0 Å². The minimum atomic E-state index is -0.335. The van der Waals surface area contributed by atoms with Crippen molar-refractivity contribution >= 4 is 16.7 Å². The molecule has 0 aliphatic heterocycles. The van der Waals surface area contributed by atoms with E-state index >= 15 is 0 Å². The molecule has 0 aliphatic carbocycles. The molecular formula is C26H25N3O3. The summed E-state index contributed by atoms with van der Waals surface area (Å²) < 4.78 is 1.24. The van der Waals surface area contributed by atoms with E-state index in [0.29, 0.717) is 23.9 Å². The van der Waals surface area contributed by atoms with E-state index in [1.54, 1.807) is 24.3 Å². The number of hydrogen-bond donors (Lipinski definition) is 1. The lowest BCUT2D eigenvalue weighted by Crippen LogP contribution is -2.35. The van der Waals surface area contributed by atoms with Crippen LogP contribution in [0.5, 0.6) is 0 Å². The molecule has 4 rings (SSSR count). The van der Waals surface area contributed by atoms with Crippen molar-refractivity contribution in [2.45, 2.75) is 25.9 Å². The number of rotatable bonds is 8. The molecule has 0 bridgehead atoms. The highest BCUT2D eigenvalue weighted by Gasteiger charge is 2.15. The van der Waals surface area contributed by atoms with Crippen LogP contribution in [0.25, 0.3) is 10.8 Å². The number of amides is 1. The van der Waals surface area contributed by atoms with Gasteiger partial charge in [-0.2, -0.15) is 0 Å². The van der Waals surface area contributed by atoms with Crippen LogP contribution in [-0.2, 0) is 24.3 Å². The van der Waals surface area contributed by atoms with Crippen molar-refractivity contribution in [3.05, 3.63) is 117 Å². The molecule has 4 aromatic rings. The number of benzene rings is 3. The number of nitrogens with one attached hydrogen (secondary N) is 1. The monoisotopic (exact) mass is 427 g/mol. The first-order valence-corrected chi connectivity index (χ1v) is 10.7. The summed E-state index contributed by atoms with van der Waals surface area (Å²) in [5.41, 5.74) is 1.57. The first-order valence-electron chi connectivity index (χ1n) is 10.7. The molecule has 1 aromatic heterocycles. The van der Waals surface area contributed by atoms with E-state index in [0.717, 1.165) is 17.5 Å². The summed E-state index contributed by atoms with van der Waals surface area (Å²) in [7, 11) is 0. The quantitative estimate of drug-likeness (QED) is 0.469. The van der Waals surface area contributed by atoms with Crippen LogP contribution in [-0.4, -0.2) is 27.1 Å². The van der Waals surface area contributed by atoms with E-state index in [2.05, 4.69) is 5.10 Å². The van der Waals surface area contributed by atoms with E-state index in [1.165, 1.54) is 4.68 Å². The smallest absolute Gasteiger partial charge is 0.273 e. The number of hydrogen-bond acceptors (Lipinski definition) is 3. The third-order valence-corrected chi connectivity index (χ3v) is 5.52. The Kier molecular flexibility index (Phi) is 6.60. The van der Waals surface area contributed by atoms with E-state index in [4.69, 9.17) is 0 Å². The van der Waals surface area contributed by atoms with Gasteiger partial charge in [-0.05, 0) is 29.7 Å². The van der Waals surface area contributed by atoms with Gasteiger partial charge in [0.05, 0.1) is 17.3 Å². The SMILES string of the molecule is O=C(CCn1[nH]c(=O)c2ccccc2c1=O)N(CCc1ccccc1)Cc1ccccc1. The maximum absolute atomic E-state index is 13.1. The van der Waals surface area contributed by atoms with Crippen molar-refractivity contribution in [1.82, 2.24) is 14.7 Å². The molecule has 6 nitrogen and oxygen atoms in total. The topological polar surface area (TPSA) is 75.2 Å². The van der Waals surface area contributed by atoms with Gasteiger partial charge in [0, 0.05) is 19.5 Å². The second-order valence-corrected chi connectivity index (χ2v) is 7.73. The molecule has 0 radical (unpaired) electrons. The largest absolute Gasteiger partial charge is 0.338 e. The molecule has 1 heterocycles. The Morgan fingerprint density at radius 1 is 0.781 bits per heavy atom. The fourth-order valence-electron chi connectivity index (χ4n) is 3.77. The van der Waals surface area contributed by atoms with Crippen molar-refractivity contribution in [3.63, 3.8) is 0 Å². The molecule has 3 aromatic carbocycles. The lowest BCUT2D eigenvalue weighted by atomic mass is 10.1. The van der Waals surface area contributed by atoms with E-state index < -0.39 is 0 Å². The van der Waals surface area contributed by atoms with Crippen molar-refractivity contribution in [2.24, 2.45) is 0 Å². The minimum Gasteiger partial charge on any atom is -0.338 e. The van der Waals surface area contributed by atoms with Gasteiger partial charge in [-0.3, -0.25) is 19.5 Å². The molecule has 1 N–H and O–H groups in total. The second-order valence-electron chi connectivity index (χ2n) is 7.73. The van der Waals surface area contributed by atoms with Gasteiger partial charge < -0.3 is 4.90 Å². The zero-order valence-corrected chi connectivity index (χ0v) is 17.7. The number of aromatic nitrogens is 2. The summed E-state index contributed by atoms with van der Waals surface area (Å²) in [6.45, 7) is 1.19. The highest BCUT2D eigenvalue weighted by Crippen LogP contribution is 2.10. The van der Waals surface area contributed by atoms with Crippen molar-refractivity contribution in [2.75, 3.05) is 6.54 Å². The number of fused-ring (bicyclic) bond motifs is 1. The first kappa shape index (κ1) is 21.3. The van der Waals surface area contributed by atoms with E-state index in [9.17, 15) is 14.4 Å². The van der Waals surface area contributed by atoms with Gasteiger partial charge >= 0.3 is 0 Å². The molecule has 0 aliphatic rings. The molecule has 0 atom stereocenters. The third kappa shape index (κ3) is 5.03. The predicted molar refractivity (Wildman–Crippen MR) is 125 cm³/mol. The number of aryl methyl sites for hydroxylation is 1. The van der Waals surface area contributed by atoms with Crippen molar-refractivity contribution in [1.29, 1.82) is 0 Å². The fraction of sp³-hybridized carbons (Fsp3) is 0.192. The Labute approximate surface area is 185 Å². The molecule has 0 fully saturated rings. The summed E-state index contributed by atoms with van der Waals surface area (Å²) in [4.78, 5) is 40.0. The lowest BCUT2D eigenvalue weighted by molar-refractivity contribution is -0.132. The molecule has 0 saturated carbocycles. The Morgan fingerprint density at radius 2 is 1.38 bits per heavy atom. The summed E-state index contributed by atoms with van der Waals surface area (Å²) in [5, 5.41) is 3.31. The summed E-state index contributed by atoms with van der Waals surface area (Å²) >= 11 is 0. The molecule has 32 heavy (non-hydrogen) atoms. The Bertz CT molecular complexity index is 1310. The van der Waals surface area contributed by atoms with Gasteiger partial charge in [-0.15, -0.1) is 0 Å². The molecule has 0 saturated heterocycles. The van der Waals surface area contributed by atoms with Crippen molar-refractivity contribution in [3.8, 4) is 0 Å². The number of H-pyrrole nitrogens is 1. The van der Waals surface area contributed by atoms with E-state index in [-0.39, 0.29) is 30.0 Å².